The molecule has 0 bridgehead atoms. The van der Waals surface area contributed by atoms with Gasteiger partial charge < -0.3 is 4.74 Å². The smallest absolute Gasteiger partial charge is 0.405 e. The molecule has 1 aromatic rings. The summed E-state index contributed by atoms with van der Waals surface area (Å²) in [7, 11) is 0. The molecular weight excluding hydrogens is 266 g/mol. The first-order valence-electron chi connectivity index (χ1n) is 4.49. The van der Waals surface area contributed by atoms with E-state index in [0.717, 1.165) is 19.1 Å². The maximum absolute atomic E-state index is 12.6. The first-order valence-corrected chi connectivity index (χ1v) is 4.49. The molecule has 0 atom stereocenters. The highest BCUT2D eigenvalue weighted by molar-refractivity contribution is 5.96. The quantitative estimate of drug-likeness (QED) is 0.604. The molecule has 0 aromatic heterocycles. The van der Waals surface area contributed by atoms with E-state index in [0.29, 0.717) is 6.07 Å². The average Bonchev–Trinajstić information content (AvgIpc) is 2.12. The summed E-state index contributed by atoms with van der Waals surface area (Å²) in [6.07, 6.45) is -10.4. The van der Waals surface area contributed by atoms with Crippen molar-refractivity contribution in [2.24, 2.45) is 0 Å². The van der Waals surface area contributed by atoms with Crippen molar-refractivity contribution in [3.63, 3.8) is 0 Å². The third-order valence-electron chi connectivity index (χ3n) is 1.91. The zero-order valence-corrected chi connectivity index (χ0v) is 8.82. The minimum Gasteiger partial charge on any atom is -0.405 e. The van der Waals surface area contributed by atoms with E-state index in [9.17, 15) is 31.1 Å². The van der Waals surface area contributed by atoms with Gasteiger partial charge in [0.15, 0.2) is 5.78 Å². The average molecular weight is 272 g/mol. The molecular formula is C10H6F6O2. The molecule has 0 fully saturated rings. The van der Waals surface area contributed by atoms with Crippen LogP contribution in [0.3, 0.4) is 0 Å². The minimum atomic E-state index is -5.27. The van der Waals surface area contributed by atoms with Crippen LogP contribution in [0.4, 0.5) is 26.3 Å². The second-order valence-corrected chi connectivity index (χ2v) is 3.28. The molecule has 2 nitrogen and oxygen atoms in total. The van der Waals surface area contributed by atoms with Gasteiger partial charge >= 0.3 is 12.5 Å². The Bertz CT molecular complexity index is 460. The van der Waals surface area contributed by atoms with E-state index >= 15 is 0 Å². The number of carbonyl (C=O) groups is 1. The molecule has 0 radical (unpaired) electrons. The maximum Gasteiger partial charge on any atom is 0.573 e. The van der Waals surface area contributed by atoms with Crippen molar-refractivity contribution in [3.8, 4) is 5.75 Å². The van der Waals surface area contributed by atoms with Gasteiger partial charge in [0, 0.05) is 5.56 Å². The van der Waals surface area contributed by atoms with E-state index in [4.69, 9.17) is 0 Å². The van der Waals surface area contributed by atoms with E-state index in [-0.39, 0.29) is 0 Å². The molecule has 0 N–H and O–H groups in total. The van der Waals surface area contributed by atoms with Crippen LogP contribution < -0.4 is 4.74 Å². The molecule has 100 valence electrons. The van der Waals surface area contributed by atoms with Crippen LogP contribution in [-0.2, 0) is 6.18 Å². The predicted octanol–water partition coefficient (Wildman–Crippen LogP) is 3.81. The molecule has 18 heavy (non-hydrogen) atoms. The van der Waals surface area contributed by atoms with Crippen LogP contribution in [0.15, 0.2) is 18.2 Å². The fourth-order valence-corrected chi connectivity index (χ4v) is 1.33. The Morgan fingerprint density at radius 2 is 1.67 bits per heavy atom. The number of alkyl halides is 6. The number of rotatable bonds is 2. The molecule has 0 amide bonds. The molecule has 0 heterocycles. The summed E-state index contributed by atoms with van der Waals surface area (Å²) >= 11 is 0. The maximum atomic E-state index is 12.6. The van der Waals surface area contributed by atoms with Crippen molar-refractivity contribution in [1.82, 2.24) is 0 Å². The molecule has 0 aliphatic rings. The monoisotopic (exact) mass is 272 g/mol. The van der Waals surface area contributed by atoms with Gasteiger partial charge in [0.05, 0.1) is 0 Å². The highest BCUT2D eigenvalue weighted by Gasteiger charge is 2.41. The summed E-state index contributed by atoms with van der Waals surface area (Å²) in [5.74, 6) is -2.45. The Labute approximate surface area is 97.2 Å². The van der Waals surface area contributed by atoms with Crippen LogP contribution in [0.5, 0.6) is 5.75 Å². The fourth-order valence-electron chi connectivity index (χ4n) is 1.33. The minimum absolute atomic E-state index is 0.503. The Kier molecular flexibility index (Phi) is 3.59. The highest BCUT2D eigenvalue weighted by atomic mass is 19.4. The van der Waals surface area contributed by atoms with Gasteiger partial charge in [-0.3, -0.25) is 4.79 Å². The van der Waals surface area contributed by atoms with Crippen LogP contribution in [0.2, 0.25) is 0 Å². The topological polar surface area (TPSA) is 26.3 Å². The third-order valence-corrected chi connectivity index (χ3v) is 1.91. The van der Waals surface area contributed by atoms with Gasteiger partial charge in [-0.2, -0.15) is 13.2 Å². The molecule has 8 heteroatoms. The normalized spacial score (nSPS) is 12.4. The highest BCUT2D eigenvalue weighted by Crippen LogP contribution is 2.40. The van der Waals surface area contributed by atoms with Crippen molar-refractivity contribution in [2.45, 2.75) is 19.5 Å². The van der Waals surface area contributed by atoms with Gasteiger partial charge in [-0.25, -0.2) is 0 Å². The van der Waals surface area contributed by atoms with Crippen LogP contribution >= 0.6 is 0 Å². The van der Waals surface area contributed by atoms with Crippen molar-refractivity contribution in [3.05, 3.63) is 29.3 Å². The molecule has 0 aliphatic carbocycles. The molecule has 1 rings (SSSR count). The van der Waals surface area contributed by atoms with E-state index in [1.807, 2.05) is 0 Å². The summed E-state index contributed by atoms with van der Waals surface area (Å²) in [6, 6.07) is 2.17. The van der Waals surface area contributed by atoms with Gasteiger partial charge in [0.2, 0.25) is 0 Å². The summed E-state index contributed by atoms with van der Waals surface area (Å²) in [6.45, 7) is 0.821. The Morgan fingerprint density at radius 3 is 2.06 bits per heavy atom. The zero-order chi connectivity index (χ0) is 14.1. The molecule has 0 saturated carbocycles. The standard InChI is InChI=1S/C10H6F6O2/c1-5(17)6-3-2-4-7(18-10(14,15)16)8(6)9(11,12)13/h2-4H,1H3. The molecule has 0 unspecified atom stereocenters. The van der Waals surface area contributed by atoms with Crippen molar-refractivity contribution >= 4 is 5.78 Å². The van der Waals surface area contributed by atoms with Crippen molar-refractivity contribution in [1.29, 1.82) is 0 Å². The zero-order valence-electron chi connectivity index (χ0n) is 8.82. The third kappa shape index (κ3) is 3.38. The second kappa shape index (κ2) is 4.51. The lowest BCUT2D eigenvalue weighted by molar-refractivity contribution is -0.276. The van der Waals surface area contributed by atoms with E-state index < -0.39 is 35.2 Å². The molecule has 0 saturated heterocycles. The number of hydrogen-bond acceptors (Lipinski definition) is 2. The SMILES string of the molecule is CC(=O)c1cccc(OC(F)(F)F)c1C(F)(F)F. The number of hydrogen-bond donors (Lipinski definition) is 0. The van der Waals surface area contributed by atoms with Gasteiger partial charge in [-0.05, 0) is 13.0 Å². The first kappa shape index (κ1) is 14.3. The summed E-state index contributed by atoms with van der Waals surface area (Å²) in [4.78, 5) is 11.0. The van der Waals surface area contributed by atoms with Crippen LogP contribution in [0, 0.1) is 0 Å². The lowest BCUT2D eigenvalue weighted by Gasteiger charge is -2.17. The number of ketones is 1. The van der Waals surface area contributed by atoms with Gasteiger partial charge in [0.1, 0.15) is 11.3 Å². The van der Waals surface area contributed by atoms with Crippen molar-refractivity contribution in [2.75, 3.05) is 0 Å². The Morgan fingerprint density at radius 1 is 1.11 bits per heavy atom. The van der Waals surface area contributed by atoms with Gasteiger partial charge in [-0.15, -0.1) is 13.2 Å². The number of ether oxygens (including phenoxy) is 1. The largest absolute Gasteiger partial charge is 0.573 e. The Hall–Kier alpha value is -1.73. The summed E-state index contributed by atoms with van der Waals surface area (Å²) < 4.78 is 77.1. The first-order chi connectivity index (χ1) is 8.02. The molecule has 1 aromatic carbocycles. The van der Waals surface area contributed by atoms with Crippen LogP contribution in [0.1, 0.15) is 22.8 Å². The van der Waals surface area contributed by atoms with Crippen LogP contribution in [0.25, 0.3) is 0 Å². The fraction of sp³-hybridized carbons (Fsp3) is 0.300. The number of halogens is 6. The lowest BCUT2D eigenvalue weighted by Crippen LogP contribution is -2.21. The summed E-state index contributed by atoms with van der Waals surface area (Å²) in [5, 5.41) is 0. The van der Waals surface area contributed by atoms with Gasteiger partial charge in [-0.1, -0.05) is 12.1 Å². The van der Waals surface area contributed by atoms with Gasteiger partial charge in [0.25, 0.3) is 0 Å². The van der Waals surface area contributed by atoms with Crippen molar-refractivity contribution < 1.29 is 35.9 Å². The number of benzene rings is 1. The molecule has 0 spiro atoms. The number of Topliss-reactive ketones (excluding diaryl/α,β-unsaturated/α-hetero) is 1. The van der Waals surface area contributed by atoms with E-state index in [2.05, 4.69) is 4.74 Å². The Balaban J connectivity index is 3.43. The number of carbonyl (C=O) groups excluding carboxylic acids is 1. The lowest BCUT2D eigenvalue weighted by atomic mass is 10.0. The second-order valence-electron chi connectivity index (χ2n) is 3.28. The van der Waals surface area contributed by atoms with E-state index in [1.54, 1.807) is 0 Å². The van der Waals surface area contributed by atoms with E-state index in [1.165, 1.54) is 0 Å². The summed E-state index contributed by atoms with van der Waals surface area (Å²) in [5.41, 5.74) is -2.60. The molecule has 0 aliphatic heterocycles. The predicted molar refractivity (Wildman–Crippen MR) is 48.1 cm³/mol. The van der Waals surface area contributed by atoms with Crippen LogP contribution in [-0.4, -0.2) is 12.1 Å².